The molecule has 5 aromatic rings. The van der Waals surface area contributed by atoms with Crippen molar-refractivity contribution in [1.29, 1.82) is 0 Å². The number of benzene rings is 3. The van der Waals surface area contributed by atoms with E-state index in [1.54, 1.807) is 24.3 Å². The zero-order valence-electron chi connectivity index (χ0n) is 18.8. The molecule has 0 saturated heterocycles. The van der Waals surface area contributed by atoms with Crippen LogP contribution in [0.3, 0.4) is 0 Å². The molecule has 0 atom stereocenters. The molecule has 1 N–H and O–H groups in total. The van der Waals surface area contributed by atoms with E-state index in [9.17, 15) is 9.59 Å². The number of amides is 1. The number of para-hydroxylation sites is 3. The molecule has 170 valence electrons. The maximum Gasteiger partial charge on any atom is 0.338 e. The lowest BCUT2D eigenvalue weighted by molar-refractivity contribution is -0.116. The summed E-state index contributed by atoms with van der Waals surface area (Å²) in [6, 6.07) is 22.5. The van der Waals surface area contributed by atoms with Crippen molar-refractivity contribution in [2.24, 2.45) is 0 Å². The van der Waals surface area contributed by atoms with Gasteiger partial charge >= 0.3 is 5.97 Å². The molecule has 3 aromatic carbocycles. The van der Waals surface area contributed by atoms with E-state index in [2.05, 4.69) is 9.88 Å². The first kappa shape index (κ1) is 21.6. The second kappa shape index (κ2) is 9.31. The van der Waals surface area contributed by atoms with Gasteiger partial charge in [0.1, 0.15) is 5.52 Å². The zero-order valence-corrected chi connectivity index (χ0v) is 18.8. The molecular formula is C27H24N4O3. The van der Waals surface area contributed by atoms with Crippen LogP contribution in [0.2, 0.25) is 0 Å². The first-order chi connectivity index (χ1) is 16.6. The van der Waals surface area contributed by atoms with Crippen LogP contribution >= 0.6 is 0 Å². The Hall–Kier alpha value is -4.26. The molecule has 7 nitrogen and oxygen atoms in total. The standard InChI is InChI=1S/C27H24N4O3/c1-2-17-34-27(33)18-11-13-19(14-12-18)28-24(32)15-16-31-23-10-6-3-7-20(23)25-26(31)30-22-9-5-4-8-21(22)29-25/h3-14H,2,15-17H2,1H3,(H,28,32). The monoisotopic (exact) mass is 452 g/mol. The molecule has 2 heterocycles. The number of aromatic nitrogens is 3. The summed E-state index contributed by atoms with van der Waals surface area (Å²) in [5.74, 6) is -0.485. The Kier molecular flexibility index (Phi) is 5.91. The van der Waals surface area contributed by atoms with Crippen molar-refractivity contribution in [3.8, 4) is 0 Å². The van der Waals surface area contributed by atoms with E-state index in [-0.39, 0.29) is 18.3 Å². The number of rotatable bonds is 7. The van der Waals surface area contributed by atoms with Crippen LogP contribution in [-0.4, -0.2) is 33.0 Å². The minimum Gasteiger partial charge on any atom is -0.462 e. The van der Waals surface area contributed by atoms with E-state index in [0.717, 1.165) is 39.5 Å². The number of nitrogens with one attached hydrogen (secondary N) is 1. The highest BCUT2D eigenvalue weighted by atomic mass is 16.5. The molecule has 1 amide bonds. The van der Waals surface area contributed by atoms with Crippen LogP contribution in [0, 0.1) is 0 Å². The first-order valence-electron chi connectivity index (χ1n) is 11.3. The molecule has 0 radical (unpaired) electrons. The molecule has 0 unspecified atom stereocenters. The average molecular weight is 453 g/mol. The highest BCUT2D eigenvalue weighted by Crippen LogP contribution is 2.28. The van der Waals surface area contributed by atoms with E-state index < -0.39 is 0 Å². The van der Waals surface area contributed by atoms with Gasteiger partial charge in [-0.05, 0) is 48.9 Å². The van der Waals surface area contributed by atoms with E-state index in [4.69, 9.17) is 14.7 Å². The molecule has 0 aliphatic carbocycles. The molecular weight excluding hydrogens is 428 g/mol. The molecule has 0 aliphatic heterocycles. The first-order valence-corrected chi connectivity index (χ1v) is 11.3. The Morgan fingerprint density at radius 1 is 0.912 bits per heavy atom. The third-order valence-corrected chi connectivity index (χ3v) is 5.66. The molecule has 0 aliphatic rings. The number of ether oxygens (including phenoxy) is 1. The number of carbonyl (C=O) groups is 2. The lowest BCUT2D eigenvalue weighted by atomic mass is 10.2. The van der Waals surface area contributed by atoms with Gasteiger partial charge in [-0.25, -0.2) is 14.8 Å². The summed E-state index contributed by atoms with van der Waals surface area (Å²) in [7, 11) is 0. The smallest absolute Gasteiger partial charge is 0.338 e. The van der Waals surface area contributed by atoms with Crippen molar-refractivity contribution in [3.05, 3.63) is 78.4 Å². The van der Waals surface area contributed by atoms with Crippen LogP contribution in [-0.2, 0) is 16.1 Å². The Balaban J connectivity index is 1.35. The minimum absolute atomic E-state index is 0.124. The molecule has 0 fully saturated rings. The lowest BCUT2D eigenvalue weighted by Gasteiger charge is -2.09. The summed E-state index contributed by atoms with van der Waals surface area (Å²) in [5.41, 5.74) is 5.35. The van der Waals surface area contributed by atoms with Crippen molar-refractivity contribution in [3.63, 3.8) is 0 Å². The van der Waals surface area contributed by atoms with Crippen molar-refractivity contribution in [2.75, 3.05) is 11.9 Å². The van der Waals surface area contributed by atoms with Crippen LogP contribution in [0.5, 0.6) is 0 Å². The predicted octanol–water partition coefficient (Wildman–Crippen LogP) is 5.33. The number of hydrogen-bond donors (Lipinski definition) is 1. The highest BCUT2D eigenvalue weighted by molar-refractivity contribution is 6.06. The van der Waals surface area contributed by atoms with E-state index >= 15 is 0 Å². The number of fused-ring (bicyclic) bond motifs is 4. The number of nitrogens with zero attached hydrogens (tertiary/aromatic N) is 3. The van der Waals surface area contributed by atoms with E-state index in [1.807, 2.05) is 55.5 Å². The van der Waals surface area contributed by atoms with Gasteiger partial charge in [0, 0.05) is 24.0 Å². The van der Waals surface area contributed by atoms with Crippen molar-refractivity contribution in [1.82, 2.24) is 14.5 Å². The van der Waals surface area contributed by atoms with Gasteiger partial charge in [-0.1, -0.05) is 37.3 Å². The van der Waals surface area contributed by atoms with E-state index in [1.165, 1.54) is 0 Å². The summed E-state index contributed by atoms with van der Waals surface area (Å²) in [6.45, 7) is 2.80. The van der Waals surface area contributed by atoms with Gasteiger partial charge in [-0.15, -0.1) is 0 Å². The summed E-state index contributed by atoms with van der Waals surface area (Å²) in [6.07, 6.45) is 1.04. The topological polar surface area (TPSA) is 86.1 Å². The van der Waals surface area contributed by atoms with Crippen molar-refractivity contribution >= 4 is 50.7 Å². The summed E-state index contributed by atoms with van der Waals surface area (Å²) in [4.78, 5) is 34.3. The van der Waals surface area contributed by atoms with Crippen molar-refractivity contribution in [2.45, 2.75) is 26.3 Å². The molecule has 7 heteroatoms. The van der Waals surface area contributed by atoms with Gasteiger partial charge in [0.2, 0.25) is 5.91 Å². The Labute approximate surface area is 196 Å². The quantitative estimate of drug-likeness (QED) is 0.337. The third-order valence-electron chi connectivity index (χ3n) is 5.66. The SMILES string of the molecule is CCCOC(=O)c1ccc(NC(=O)CCn2c3ccccc3c3nc4ccccc4nc32)cc1. The maximum absolute atomic E-state index is 12.7. The van der Waals surface area contributed by atoms with Crippen LogP contribution in [0.1, 0.15) is 30.1 Å². The van der Waals surface area contributed by atoms with Gasteiger partial charge < -0.3 is 14.6 Å². The predicted molar refractivity (Wildman–Crippen MR) is 133 cm³/mol. The highest BCUT2D eigenvalue weighted by Gasteiger charge is 2.15. The molecule has 5 rings (SSSR count). The molecule has 0 bridgehead atoms. The summed E-state index contributed by atoms with van der Waals surface area (Å²) < 4.78 is 7.19. The number of esters is 1. The second-order valence-corrected chi connectivity index (χ2v) is 8.06. The molecule has 34 heavy (non-hydrogen) atoms. The van der Waals surface area contributed by atoms with Crippen LogP contribution in [0.4, 0.5) is 5.69 Å². The molecule has 0 saturated carbocycles. The lowest BCUT2D eigenvalue weighted by Crippen LogP contribution is -2.15. The molecule has 0 spiro atoms. The van der Waals surface area contributed by atoms with Crippen LogP contribution in [0.25, 0.3) is 33.1 Å². The fraction of sp³-hybridized carbons (Fsp3) is 0.185. The minimum atomic E-state index is -0.361. The van der Waals surface area contributed by atoms with Crippen molar-refractivity contribution < 1.29 is 14.3 Å². The number of hydrogen-bond acceptors (Lipinski definition) is 5. The fourth-order valence-electron chi connectivity index (χ4n) is 4.01. The maximum atomic E-state index is 12.7. The second-order valence-electron chi connectivity index (χ2n) is 8.06. The number of carbonyl (C=O) groups excluding carboxylic acids is 2. The van der Waals surface area contributed by atoms with Gasteiger partial charge in [-0.3, -0.25) is 4.79 Å². The van der Waals surface area contributed by atoms with Gasteiger partial charge in [-0.2, -0.15) is 0 Å². The summed E-state index contributed by atoms with van der Waals surface area (Å²) >= 11 is 0. The normalized spacial score (nSPS) is 11.2. The Morgan fingerprint density at radius 2 is 1.62 bits per heavy atom. The van der Waals surface area contributed by atoms with Gasteiger partial charge in [0.25, 0.3) is 0 Å². The van der Waals surface area contributed by atoms with Gasteiger partial charge in [0.05, 0.1) is 28.7 Å². The molecule has 2 aromatic heterocycles. The van der Waals surface area contributed by atoms with Crippen LogP contribution < -0.4 is 5.32 Å². The Morgan fingerprint density at radius 3 is 2.38 bits per heavy atom. The number of aryl methyl sites for hydroxylation is 1. The van der Waals surface area contributed by atoms with E-state index in [0.29, 0.717) is 24.4 Å². The van der Waals surface area contributed by atoms with Crippen LogP contribution in [0.15, 0.2) is 72.8 Å². The summed E-state index contributed by atoms with van der Waals surface area (Å²) in [5, 5.41) is 3.91. The number of anilines is 1. The third kappa shape index (κ3) is 4.20. The Bertz CT molecular complexity index is 1510. The van der Waals surface area contributed by atoms with Gasteiger partial charge in [0.15, 0.2) is 5.65 Å². The fourth-order valence-corrected chi connectivity index (χ4v) is 4.01. The zero-order chi connectivity index (χ0) is 23.5. The average Bonchev–Trinajstić information content (AvgIpc) is 3.17. The largest absolute Gasteiger partial charge is 0.462 e.